The third kappa shape index (κ3) is 6.59. The number of benzene rings is 3. The van der Waals surface area contributed by atoms with Gasteiger partial charge in [0.2, 0.25) is 17.8 Å². The number of hydrogen-bond donors (Lipinski definition) is 3. The van der Waals surface area contributed by atoms with Crippen molar-refractivity contribution in [3.63, 3.8) is 0 Å². The molecule has 14 heteroatoms. The van der Waals surface area contributed by atoms with Gasteiger partial charge >= 0.3 is 0 Å². The van der Waals surface area contributed by atoms with E-state index in [4.69, 9.17) is 15.1 Å². The Morgan fingerprint density at radius 1 is 0.864 bits per heavy atom. The van der Waals surface area contributed by atoms with Gasteiger partial charge < -0.3 is 15.5 Å². The van der Waals surface area contributed by atoms with Crippen molar-refractivity contribution in [2.45, 2.75) is 83.8 Å². The van der Waals surface area contributed by atoms with E-state index < -0.39 is 23.8 Å². The normalized spacial score (nSPS) is 21.4. The molecule has 2 unspecified atom stereocenters. The van der Waals surface area contributed by atoms with Crippen LogP contribution < -0.4 is 20.9 Å². The second kappa shape index (κ2) is 14.3. The van der Waals surface area contributed by atoms with E-state index in [1.54, 1.807) is 10.7 Å². The van der Waals surface area contributed by atoms with Crippen LogP contribution >= 0.6 is 0 Å². The molecular weight excluding hydrogens is 745 g/mol. The van der Waals surface area contributed by atoms with Crippen LogP contribution in [0.15, 0.2) is 60.8 Å². The zero-order valence-corrected chi connectivity index (χ0v) is 33.7. The lowest BCUT2D eigenvalue weighted by Crippen LogP contribution is -2.54. The summed E-state index contributed by atoms with van der Waals surface area (Å²) in [6.07, 6.45) is 8.66. The first-order valence-corrected chi connectivity index (χ1v) is 20.8. The van der Waals surface area contributed by atoms with Crippen LogP contribution in [0.1, 0.15) is 87.9 Å². The Balaban J connectivity index is 0.831. The molecule has 59 heavy (non-hydrogen) atoms. The minimum Gasteiger partial charge on any atom is -0.368 e. The van der Waals surface area contributed by atoms with Gasteiger partial charge in [-0.25, -0.2) is 9.67 Å². The fourth-order valence-electron chi connectivity index (χ4n) is 10.00. The van der Waals surface area contributed by atoms with Crippen LogP contribution in [0.3, 0.4) is 0 Å². The number of anilines is 5. The standard InChI is InChI=1S/C45H48N10O4/c1-26-7-6-8-27(2)38(26)49-39-34-23-46-44(50-40(34)52(3)51-39)47-30-11-10-28-16-20-53(24-29(28)21-30)25-45(17-18-45)36-9-4-5-19-54(36)31-12-13-32-33(22-31)43(59)55(42(32)58)35-14-15-37(56)48-41(35)57/h6-8,10-13,21-23,35-36H,4-5,9,14-20,24-25H2,1-3H3,(H,49,51)(H,46,47,50)(H,48,56,57). The number of imide groups is 2. The second-order valence-corrected chi connectivity index (χ2v) is 17.1. The molecule has 1 saturated carbocycles. The molecule has 4 aliphatic heterocycles. The Morgan fingerprint density at radius 2 is 1.68 bits per heavy atom. The highest BCUT2D eigenvalue weighted by atomic mass is 16.2. The number of fused-ring (bicyclic) bond motifs is 3. The monoisotopic (exact) mass is 792 g/mol. The smallest absolute Gasteiger partial charge is 0.262 e. The van der Waals surface area contributed by atoms with Gasteiger partial charge in [-0.3, -0.25) is 34.3 Å². The number of carbonyl (C=O) groups excluding carboxylic acids is 4. The van der Waals surface area contributed by atoms with Crippen molar-refractivity contribution in [3.05, 3.63) is 94.2 Å². The van der Waals surface area contributed by atoms with E-state index >= 15 is 0 Å². The SMILES string of the molecule is Cc1cccc(C)c1Nc1nn(C)c2nc(Nc3ccc4c(c3)CN(CC3(C5CCCCN5c5ccc6c(c5)C(=O)N(C5CCC(=O)NC5=O)C6=O)CC3)CC4)ncc12. The van der Waals surface area contributed by atoms with E-state index in [9.17, 15) is 19.2 Å². The van der Waals surface area contributed by atoms with E-state index in [1.165, 1.54) is 11.1 Å². The number of rotatable bonds is 9. The molecule has 0 spiro atoms. The third-order valence-electron chi connectivity index (χ3n) is 13.3. The van der Waals surface area contributed by atoms with Gasteiger partial charge in [0.15, 0.2) is 11.5 Å². The van der Waals surface area contributed by atoms with Crippen molar-refractivity contribution in [3.8, 4) is 0 Å². The van der Waals surface area contributed by atoms with Crippen molar-refractivity contribution in [1.29, 1.82) is 0 Å². The highest BCUT2D eigenvalue weighted by Crippen LogP contribution is 2.54. The topological polar surface area (TPSA) is 158 Å². The Bertz CT molecular complexity index is 2560. The first kappa shape index (κ1) is 37.1. The molecule has 1 aliphatic carbocycles. The molecule has 10 rings (SSSR count). The zero-order valence-electron chi connectivity index (χ0n) is 33.7. The summed E-state index contributed by atoms with van der Waals surface area (Å²) in [5.41, 5.74) is 9.44. The summed E-state index contributed by atoms with van der Waals surface area (Å²) in [6.45, 7) is 7.91. The van der Waals surface area contributed by atoms with E-state index in [1.807, 2.05) is 25.4 Å². The molecule has 2 saturated heterocycles. The fraction of sp³-hybridized carbons (Fsp3) is 0.400. The Morgan fingerprint density at radius 3 is 2.47 bits per heavy atom. The van der Waals surface area contributed by atoms with Gasteiger partial charge in [-0.1, -0.05) is 24.3 Å². The molecule has 0 bridgehead atoms. The quantitative estimate of drug-likeness (QED) is 0.149. The molecule has 3 aromatic carbocycles. The van der Waals surface area contributed by atoms with Crippen LogP contribution in [0.4, 0.5) is 28.8 Å². The van der Waals surface area contributed by atoms with Crippen LogP contribution in [-0.2, 0) is 29.6 Å². The van der Waals surface area contributed by atoms with Gasteiger partial charge in [-0.15, -0.1) is 0 Å². The summed E-state index contributed by atoms with van der Waals surface area (Å²) in [7, 11) is 1.90. The number of hydrogen-bond acceptors (Lipinski definition) is 11. The number of carbonyl (C=O) groups is 4. The van der Waals surface area contributed by atoms with Crippen molar-refractivity contribution in [1.82, 2.24) is 34.9 Å². The predicted molar refractivity (Wildman–Crippen MR) is 224 cm³/mol. The Hall–Kier alpha value is -6.15. The van der Waals surface area contributed by atoms with Gasteiger partial charge in [0.1, 0.15) is 6.04 Å². The summed E-state index contributed by atoms with van der Waals surface area (Å²) in [5.74, 6) is -0.668. The molecule has 3 N–H and O–H groups in total. The number of amides is 4. The molecule has 5 aromatic rings. The number of aromatic nitrogens is 4. The molecule has 14 nitrogen and oxygen atoms in total. The molecular formula is C45H48N10O4. The van der Waals surface area contributed by atoms with E-state index in [-0.39, 0.29) is 24.2 Å². The lowest BCUT2D eigenvalue weighted by Gasteiger charge is -2.44. The minimum atomic E-state index is -0.974. The number of nitrogens with one attached hydrogen (secondary N) is 3. The maximum atomic E-state index is 13.7. The molecule has 2 aromatic heterocycles. The van der Waals surface area contributed by atoms with Crippen LogP contribution in [0.2, 0.25) is 0 Å². The lowest BCUT2D eigenvalue weighted by atomic mass is 9.85. The second-order valence-electron chi connectivity index (χ2n) is 17.1. The minimum absolute atomic E-state index is 0.0975. The Kier molecular flexibility index (Phi) is 9.00. The zero-order chi connectivity index (χ0) is 40.6. The average molecular weight is 793 g/mol. The summed E-state index contributed by atoms with van der Waals surface area (Å²) in [6, 6.07) is 17.7. The molecule has 0 radical (unpaired) electrons. The van der Waals surface area contributed by atoms with E-state index in [2.05, 4.69) is 76.0 Å². The summed E-state index contributed by atoms with van der Waals surface area (Å²) in [4.78, 5) is 67.2. The maximum Gasteiger partial charge on any atom is 0.262 e. The third-order valence-corrected chi connectivity index (χ3v) is 13.3. The van der Waals surface area contributed by atoms with E-state index in [0.29, 0.717) is 23.1 Å². The summed E-state index contributed by atoms with van der Waals surface area (Å²) >= 11 is 0. The molecule has 302 valence electrons. The number of nitrogens with zero attached hydrogens (tertiary/aromatic N) is 7. The van der Waals surface area contributed by atoms with Crippen LogP contribution in [0, 0.1) is 19.3 Å². The predicted octanol–water partition coefficient (Wildman–Crippen LogP) is 6.07. The maximum absolute atomic E-state index is 13.7. The largest absolute Gasteiger partial charge is 0.368 e. The first-order chi connectivity index (χ1) is 28.5. The van der Waals surface area contributed by atoms with Gasteiger partial charge in [0.25, 0.3) is 11.8 Å². The van der Waals surface area contributed by atoms with Gasteiger partial charge in [-0.05, 0) is 111 Å². The van der Waals surface area contributed by atoms with Crippen LogP contribution in [-0.4, -0.2) is 84.9 Å². The van der Waals surface area contributed by atoms with Gasteiger partial charge in [0, 0.05) is 74.4 Å². The number of aryl methyl sites for hydroxylation is 3. The summed E-state index contributed by atoms with van der Waals surface area (Å²) < 4.78 is 1.78. The molecule has 4 amide bonds. The molecule has 2 atom stereocenters. The highest BCUT2D eigenvalue weighted by molar-refractivity contribution is 6.23. The van der Waals surface area contributed by atoms with Crippen LogP contribution in [0.25, 0.3) is 11.0 Å². The fourth-order valence-corrected chi connectivity index (χ4v) is 10.00. The number of piperidine rings is 2. The molecule has 5 aliphatic rings. The van der Waals surface area contributed by atoms with Crippen molar-refractivity contribution < 1.29 is 19.2 Å². The van der Waals surface area contributed by atoms with E-state index in [0.717, 1.165) is 115 Å². The average Bonchev–Trinajstić information content (AvgIpc) is 3.89. The van der Waals surface area contributed by atoms with Crippen molar-refractivity contribution in [2.24, 2.45) is 12.5 Å². The van der Waals surface area contributed by atoms with Crippen molar-refractivity contribution in [2.75, 3.05) is 35.2 Å². The number of para-hydroxylation sites is 1. The Labute approximate surface area is 342 Å². The highest BCUT2D eigenvalue weighted by Gasteiger charge is 2.53. The molecule has 6 heterocycles. The first-order valence-electron chi connectivity index (χ1n) is 20.8. The molecule has 3 fully saturated rings. The van der Waals surface area contributed by atoms with Gasteiger partial charge in [0.05, 0.1) is 16.5 Å². The van der Waals surface area contributed by atoms with Crippen molar-refractivity contribution >= 4 is 63.5 Å². The van der Waals surface area contributed by atoms with Crippen LogP contribution in [0.5, 0.6) is 0 Å². The summed E-state index contributed by atoms with van der Waals surface area (Å²) in [5, 5.41) is 14.8. The van der Waals surface area contributed by atoms with Gasteiger partial charge in [-0.2, -0.15) is 10.1 Å². The lowest BCUT2D eigenvalue weighted by molar-refractivity contribution is -0.136.